The molecule has 2 amide bonds. The molecule has 5 nitrogen and oxygen atoms in total. The first kappa shape index (κ1) is 20.4. The van der Waals surface area contributed by atoms with Crippen molar-refractivity contribution in [3.05, 3.63) is 35.4 Å². The molecule has 0 unspecified atom stereocenters. The first-order chi connectivity index (χ1) is 12.4. The number of benzene rings is 1. The van der Waals surface area contributed by atoms with Gasteiger partial charge in [0.05, 0.1) is 6.10 Å². The molecule has 0 saturated carbocycles. The Morgan fingerprint density at radius 2 is 1.92 bits per heavy atom. The van der Waals surface area contributed by atoms with E-state index in [2.05, 4.69) is 10.6 Å². The van der Waals surface area contributed by atoms with Gasteiger partial charge in [-0.05, 0) is 57.1 Å². The highest BCUT2D eigenvalue weighted by Gasteiger charge is 2.26. The van der Waals surface area contributed by atoms with Crippen LogP contribution in [0.2, 0.25) is 0 Å². The second-order valence-corrected chi connectivity index (χ2v) is 7.63. The zero-order valence-electron chi connectivity index (χ0n) is 16.4. The van der Waals surface area contributed by atoms with Crippen LogP contribution in [-0.4, -0.2) is 36.6 Å². The molecular formula is C21H32N2O3. The van der Waals surface area contributed by atoms with Gasteiger partial charge in [-0.2, -0.15) is 0 Å². The van der Waals surface area contributed by atoms with E-state index in [0.29, 0.717) is 11.7 Å². The fourth-order valence-corrected chi connectivity index (χ4v) is 3.29. The Morgan fingerprint density at radius 3 is 2.54 bits per heavy atom. The third kappa shape index (κ3) is 5.84. The lowest BCUT2D eigenvalue weighted by atomic mass is 10.0. The van der Waals surface area contributed by atoms with Crippen LogP contribution in [0.5, 0.6) is 0 Å². The molecule has 1 saturated heterocycles. The third-order valence-corrected chi connectivity index (χ3v) is 4.96. The number of carbonyl (C=O) groups is 2. The average molecular weight is 360 g/mol. The number of amides is 2. The average Bonchev–Trinajstić information content (AvgIpc) is 3.11. The van der Waals surface area contributed by atoms with E-state index in [9.17, 15) is 9.59 Å². The number of hydrogen-bond acceptors (Lipinski definition) is 3. The van der Waals surface area contributed by atoms with Crippen LogP contribution in [0, 0.1) is 12.8 Å². The Morgan fingerprint density at radius 1 is 1.19 bits per heavy atom. The molecule has 2 N–H and O–H groups in total. The van der Waals surface area contributed by atoms with Gasteiger partial charge < -0.3 is 15.4 Å². The summed E-state index contributed by atoms with van der Waals surface area (Å²) in [6.07, 6.45) is 4.42. The molecule has 1 aromatic carbocycles. The van der Waals surface area contributed by atoms with Crippen LogP contribution in [0.3, 0.4) is 0 Å². The topological polar surface area (TPSA) is 67.4 Å². The second kappa shape index (κ2) is 9.72. The van der Waals surface area contributed by atoms with E-state index in [4.69, 9.17) is 4.74 Å². The summed E-state index contributed by atoms with van der Waals surface area (Å²) in [5, 5.41) is 5.95. The number of nitrogens with one attached hydrogen (secondary N) is 2. The van der Waals surface area contributed by atoms with Crippen LogP contribution in [0.1, 0.15) is 62.4 Å². The standard InChI is InChI=1S/C21H32N2O3/c1-14(2)19(23-20(24)18-10-6-5-8-15(18)3)21(25)22-16(4)11-12-17-9-7-13-26-17/h5-6,8,10,14,16-17,19H,7,9,11-13H2,1-4H3,(H,22,25)(H,23,24)/t16-,17-,19+/m1/s1. The molecule has 0 radical (unpaired) electrons. The first-order valence-corrected chi connectivity index (χ1v) is 9.67. The Hall–Kier alpha value is -1.88. The van der Waals surface area contributed by atoms with E-state index in [-0.39, 0.29) is 23.8 Å². The van der Waals surface area contributed by atoms with Gasteiger partial charge in [-0.25, -0.2) is 0 Å². The van der Waals surface area contributed by atoms with Gasteiger partial charge in [-0.15, -0.1) is 0 Å². The molecular weight excluding hydrogens is 328 g/mol. The monoisotopic (exact) mass is 360 g/mol. The maximum Gasteiger partial charge on any atom is 0.252 e. The van der Waals surface area contributed by atoms with Crippen LogP contribution in [0.15, 0.2) is 24.3 Å². The summed E-state index contributed by atoms with van der Waals surface area (Å²) in [4.78, 5) is 25.2. The largest absolute Gasteiger partial charge is 0.378 e. The van der Waals surface area contributed by atoms with Crippen molar-refractivity contribution >= 4 is 11.8 Å². The lowest BCUT2D eigenvalue weighted by molar-refractivity contribution is -0.124. The third-order valence-electron chi connectivity index (χ3n) is 4.96. The van der Waals surface area contributed by atoms with Crippen molar-refractivity contribution in [3.8, 4) is 0 Å². The lowest BCUT2D eigenvalue weighted by Crippen LogP contribution is -2.51. The molecule has 2 rings (SSSR count). The van der Waals surface area contributed by atoms with Gasteiger partial charge in [0, 0.05) is 18.2 Å². The minimum atomic E-state index is -0.549. The maximum absolute atomic E-state index is 12.7. The van der Waals surface area contributed by atoms with Crippen molar-refractivity contribution in [1.29, 1.82) is 0 Å². The molecule has 1 aliphatic rings. The number of hydrogen-bond donors (Lipinski definition) is 2. The van der Waals surface area contributed by atoms with Crippen LogP contribution in [0.25, 0.3) is 0 Å². The van der Waals surface area contributed by atoms with Crippen LogP contribution >= 0.6 is 0 Å². The van der Waals surface area contributed by atoms with Gasteiger partial charge in [0.25, 0.3) is 5.91 Å². The molecule has 1 aromatic rings. The van der Waals surface area contributed by atoms with Gasteiger partial charge >= 0.3 is 0 Å². The van der Waals surface area contributed by atoms with Gasteiger partial charge in [0.15, 0.2) is 0 Å². The summed E-state index contributed by atoms with van der Waals surface area (Å²) in [5.74, 6) is -0.320. The highest BCUT2D eigenvalue weighted by Crippen LogP contribution is 2.18. The number of aryl methyl sites for hydroxylation is 1. The Balaban J connectivity index is 1.89. The maximum atomic E-state index is 12.7. The smallest absolute Gasteiger partial charge is 0.252 e. The minimum Gasteiger partial charge on any atom is -0.378 e. The highest BCUT2D eigenvalue weighted by atomic mass is 16.5. The molecule has 26 heavy (non-hydrogen) atoms. The van der Waals surface area contributed by atoms with Crippen LogP contribution in [0.4, 0.5) is 0 Å². The number of ether oxygens (including phenoxy) is 1. The molecule has 3 atom stereocenters. The Bertz CT molecular complexity index is 609. The summed E-state index contributed by atoms with van der Waals surface area (Å²) in [6.45, 7) is 8.64. The molecule has 1 fully saturated rings. The van der Waals surface area contributed by atoms with Crippen molar-refractivity contribution in [1.82, 2.24) is 10.6 Å². The summed E-state index contributed by atoms with van der Waals surface area (Å²) in [5.41, 5.74) is 1.51. The van der Waals surface area contributed by atoms with E-state index in [1.807, 2.05) is 45.9 Å². The molecule has 0 spiro atoms. The molecule has 1 heterocycles. The predicted molar refractivity (Wildman–Crippen MR) is 103 cm³/mol. The first-order valence-electron chi connectivity index (χ1n) is 9.67. The minimum absolute atomic E-state index is 0.00772. The van der Waals surface area contributed by atoms with Crippen LogP contribution < -0.4 is 10.6 Å². The normalized spacial score (nSPS) is 19.2. The summed E-state index contributed by atoms with van der Waals surface area (Å²) in [6, 6.07) is 6.92. The van der Waals surface area contributed by atoms with Gasteiger partial charge in [0.1, 0.15) is 6.04 Å². The molecule has 5 heteroatoms. The fraction of sp³-hybridized carbons (Fsp3) is 0.619. The van der Waals surface area contributed by atoms with Crippen LogP contribution in [-0.2, 0) is 9.53 Å². The summed E-state index contributed by atoms with van der Waals surface area (Å²) < 4.78 is 5.64. The Kier molecular flexibility index (Phi) is 7.64. The summed E-state index contributed by atoms with van der Waals surface area (Å²) in [7, 11) is 0. The van der Waals surface area contributed by atoms with Crippen molar-refractivity contribution < 1.29 is 14.3 Å². The highest BCUT2D eigenvalue weighted by molar-refractivity contribution is 5.98. The molecule has 1 aliphatic heterocycles. The van der Waals surface area contributed by atoms with Gasteiger partial charge in [-0.3, -0.25) is 9.59 Å². The fourth-order valence-electron chi connectivity index (χ4n) is 3.29. The molecule has 0 aliphatic carbocycles. The predicted octanol–water partition coefficient (Wildman–Crippen LogP) is 3.21. The molecule has 0 bridgehead atoms. The number of carbonyl (C=O) groups excluding carboxylic acids is 2. The van der Waals surface area contributed by atoms with E-state index in [1.54, 1.807) is 6.07 Å². The number of rotatable bonds is 8. The quantitative estimate of drug-likeness (QED) is 0.748. The zero-order chi connectivity index (χ0) is 19.1. The van der Waals surface area contributed by atoms with Crippen molar-refractivity contribution in [3.63, 3.8) is 0 Å². The lowest BCUT2D eigenvalue weighted by Gasteiger charge is -2.25. The van der Waals surface area contributed by atoms with Gasteiger partial charge in [-0.1, -0.05) is 32.0 Å². The SMILES string of the molecule is Cc1ccccc1C(=O)N[C@H](C(=O)N[C@H](C)CC[C@H]1CCCO1)C(C)C. The van der Waals surface area contributed by atoms with E-state index < -0.39 is 6.04 Å². The summed E-state index contributed by atoms with van der Waals surface area (Å²) >= 11 is 0. The second-order valence-electron chi connectivity index (χ2n) is 7.63. The zero-order valence-corrected chi connectivity index (χ0v) is 16.4. The Labute approximate surface area is 156 Å². The molecule has 0 aromatic heterocycles. The van der Waals surface area contributed by atoms with E-state index in [0.717, 1.165) is 37.9 Å². The van der Waals surface area contributed by atoms with Crippen molar-refractivity contribution in [2.45, 2.75) is 71.6 Å². The molecule has 144 valence electrons. The van der Waals surface area contributed by atoms with Crippen molar-refractivity contribution in [2.24, 2.45) is 5.92 Å². The van der Waals surface area contributed by atoms with E-state index >= 15 is 0 Å². The van der Waals surface area contributed by atoms with E-state index in [1.165, 1.54) is 0 Å². The van der Waals surface area contributed by atoms with Gasteiger partial charge in [0.2, 0.25) is 5.91 Å². The van der Waals surface area contributed by atoms with Crippen molar-refractivity contribution in [2.75, 3.05) is 6.61 Å².